The Balaban J connectivity index is 1.41. The molecule has 0 spiro atoms. The summed E-state index contributed by atoms with van der Waals surface area (Å²) in [6.45, 7) is 3.19. The van der Waals surface area contributed by atoms with Crippen LogP contribution in [0.2, 0.25) is 0 Å². The van der Waals surface area contributed by atoms with Gasteiger partial charge in [0.05, 0.1) is 16.0 Å². The Morgan fingerprint density at radius 1 is 0.893 bits per heavy atom. The highest BCUT2D eigenvalue weighted by Crippen LogP contribution is 2.25. The molecule has 1 atom stereocenters. The van der Waals surface area contributed by atoms with E-state index in [1.807, 2.05) is 11.4 Å². The van der Waals surface area contributed by atoms with Crippen molar-refractivity contribution < 1.29 is 19.2 Å². The van der Waals surface area contributed by atoms with Crippen molar-refractivity contribution in [1.82, 2.24) is 14.7 Å². The monoisotopic (exact) mass is 397 g/mol. The van der Waals surface area contributed by atoms with Crippen LogP contribution in [0, 0.1) is 0 Å². The van der Waals surface area contributed by atoms with Crippen LogP contribution in [0.15, 0.2) is 41.8 Å². The average Bonchev–Trinajstić information content (AvgIpc) is 3.35. The number of nitrogens with zero attached hydrogens (tertiary/aromatic N) is 3. The Morgan fingerprint density at radius 3 is 2.00 bits per heavy atom. The van der Waals surface area contributed by atoms with Gasteiger partial charge in [0.15, 0.2) is 0 Å². The summed E-state index contributed by atoms with van der Waals surface area (Å²) in [5.41, 5.74) is 0.664. The number of amides is 4. The number of rotatable bonds is 3. The van der Waals surface area contributed by atoms with E-state index in [1.54, 1.807) is 47.1 Å². The fourth-order valence-electron chi connectivity index (χ4n) is 3.62. The summed E-state index contributed by atoms with van der Waals surface area (Å²) in [5, 5.41) is 1.86. The molecule has 144 valence electrons. The molecule has 1 fully saturated rings. The smallest absolute Gasteiger partial charge is 0.264 e. The first-order valence-corrected chi connectivity index (χ1v) is 9.95. The summed E-state index contributed by atoms with van der Waals surface area (Å²) in [6, 6.07) is 9.33. The van der Waals surface area contributed by atoms with Crippen LogP contribution in [0.1, 0.15) is 37.3 Å². The van der Waals surface area contributed by atoms with E-state index in [9.17, 15) is 19.2 Å². The minimum absolute atomic E-state index is 0.0319. The standard InChI is InChI=1S/C20H19N3O4S/c1-13(23-18(25)14-5-2-3-6-15(14)19(23)26)17(24)21-8-10-22(11-9-21)20(27)16-7-4-12-28-16/h2-7,12-13H,8-11H2,1H3. The third kappa shape index (κ3) is 2.99. The number of piperazine rings is 1. The highest BCUT2D eigenvalue weighted by molar-refractivity contribution is 7.12. The van der Waals surface area contributed by atoms with E-state index < -0.39 is 17.9 Å². The number of carbonyl (C=O) groups excluding carboxylic acids is 4. The third-order valence-corrected chi connectivity index (χ3v) is 6.04. The number of hydrogen-bond donors (Lipinski definition) is 0. The minimum Gasteiger partial charge on any atom is -0.337 e. The highest BCUT2D eigenvalue weighted by atomic mass is 32.1. The molecule has 1 aromatic carbocycles. The highest BCUT2D eigenvalue weighted by Gasteiger charge is 2.42. The van der Waals surface area contributed by atoms with Gasteiger partial charge in [-0.05, 0) is 30.5 Å². The molecular formula is C20H19N3O4S. The molecule has 0 N–H and O–H groups in total. The van der Waals surface area contributed by atoms with Crippen molar-refractivity contribution in [1.29, 1.82) is 0 Å². The molecule has 28 heavy (non-hydrogen) atoms. The van der Waals surface area contributed by atoms with Crippen LogP contribution in [-0.2, 0) is 4.79 Å². The lowest BCUT2D eigenvalue weighted by atomic mass is 10.1. The SMILES string of the molecule is CC(C(=O)N1CCN(C(=O)c2cccs2)CC1)N1C(=O)c2ccccc2C1=O. The van der Waals surface area contributed by atoms with Crippen molar-refractivity contribution in [2.45, 2.75) is 13.0 Å². The number of benzene rings is 1. The van der Waals surface area contributed by atoms with Crippen molar-refractivity contribution >= 4 is 35.0 Å². The van der Waals surface area contributed by atoms with Gasteiger partial charge in [-0.15, -0.1) is 11.3 Å². The van der Waals surface area contributed by atoms with Crippen LogP contribution < -0.4 is 0 Å². The molecule has 8 heteroatoms. The number of thiophene rings is 1. The fraction of sp³-hybridized carbons (Fsp3) is 0.300. The van der Waals surface area contributed by atoms with E-state index in [4.69, 9.17) is 0 Å². The van der Waals surface area contributed by atoms with Gasteiger partial charge >= 0.3 is 0 Å². The zero-order valence-corrected chi connectivity index (χ0v) is 16.1. The van der Waals surface area contributed by atoms with Crippen molar-refractivity contribution in [3.8, 4) is 0 Å². The summed E-state index contributed by atoms with van der Waals surface area (Å²) in [7, 11) is 0. The van der Waals surface area contributed by atoms with E-state index >= 15 is 0 Å². The first-order valence-electron chi connectivity index (χ1n) is 9.07. The summed E-state index contributed by atoms with van der Waals surface area (Å²) in [6.07, 6.45) is 0. The van der Waals surface area contributed by atoms with E-state index in [1.165, 1.54) is 11.3 Å². The van der Waals surface area contributed by atoms with E-state index in [0.29, 0.717) is 42.2 Å². The predicted molar refractivity (Wildman–Crippen MR) is 103 cm³/mol. The van der Waals surface area contributed by atoms with E-state index in [2.05, 4.69) is 0 Å². The number of imide groups is 1. The molecule has 0 radical (unpaired) electrons. The molecule has 0 saturated carbocycles. The second-order valence-corrected chi connectivity index (χ2v) is 7.74. The Kier molecular flexibility index (Phi) is 4.72. The van der Waals surface area contributed by atoms with Gasteiger partial charge in [0, 0.05) is 26.2 Å². The molecule has 2 aliphatic heterocycles. The summed E-state index contributed by atoms with van der Waals surface area (Å²) in [4.78, 5) is 55.6. The normalized spacial score (nSPS) is 17.7. The summed E-state index contributed by atoms with van der Waals surface area (Å²) in [5.74, 6) is -1.19. The minimum atomic E-state index is -0.882. The van der Waals surface area contributed by atoms with Crippen LogP contribution in [0.4, 0.5) is 0 Å². The molecule has 3 heterocycles. The first kappa shape index (κ1) is 18.4. The maximum absolute atomic E-state index is 12.9. The van der Waals surface area contributed by atoms with Gasteiger partial charge < -0.3 is 9.80 Å². The van der Waals surface area contributed by atoms with Gasteiger partial charge in [0.25, 0.3) is 17.7 Å². The topological polar surface area (TPSA) is 78.0 Å². The van der Waals surface area contributed by atoms with Crippen LogP contribution in [0.3, 0.4) is 0 Å². The maximum Gasteiger partial charge on any atom is 0.264 e. The Morgan fingerprint density at radius 2 is 1.46 bits per heavy atom. The third-order valence-electron chi connectivity index (χ3n) is 5.18. The molecule has 4 amide bonds. The zero-order valence-electron chi connectivity index (χ0n) is 15.3. The second kappa shape index (κ2) is 7.20. The fourth-order valence-corrected chi connectivity index (χ4v) is 4.31. The first-order chi connectivity index (χ1) is 13.5. The lowest BCUT2D eigenvalue weighted by Gasteiger charge is -2.36. The average molecular weight is 397 g/mol. The Bertz CT molecular complexity index is 913. The molecule has 2 aromatic rings. The zero-order chi connectivity index (χ0) is 19.8. The lowest BCUT2D eigenvalue weighted by Crippen LogP contribution is -2.56. The molecule has 4 rings (SSSR count). The second-order valence-electron chi connectivity index (χ2n) is 6.80. The van der Waals surface area contributed by atoms with Crippen LogP contribution in [0.25, 0.3) is 0 Å². The van der Waals surface area contributed by atoms with Gasteiger partial charge in [0.2, 0.25) is 5.91 Å². The van der Waals surface area contributed by atoms with Crippen LogP contribution >= 0.6 is 11.3 Å². The number of carbonyl (C=O) groups is 4. The largest absolute Gasteiger partial charge is 0.337 e. The predicted octanol–water partition coefficient (Wildman–Crippen LogP) is 1.72. The molecular weight excluding hydrogens is 378 g/mol. The molecule has 2 aliphatic rings. The van der Waals surface area contributed by atoms with Crippen LogP contribution in [-0.4, -0.2) is 70.5 Å². The molecule has 7 nitrogen and oxygen atoms in total. The van der Waals surface area contributed by atoms with Crippen molar-refractivity contribution in [2.75, 3.05) is 26.2 Å². The molecule has 0 bridgehead atoms. The summed E-state index contributed by atoms with van der Waals surface area (Å²) >= 11 is 1.39. The molecule has 1 unspecified atom stereocenters. The van der Waals surface area contributed by atoms with Gasteiger partial charge in [-0.3, -0.25) is 24.1 Å². The number of hydrogen-bond acceptors (Lipinski definition) is 5. The lowest BCUT2D eigenvalue weighted by molar-refractivity contribution is -0.136. The Hall–Kier alpha value is -3.00. The van der Waals surface area contributed by atoms with Gasteiger partial charge in [0.1, 0.15) is 6.04 Å². The molecule has 1 aromatic heterocycles. The summed E-state index contributed by atoms with van der Waals surface area (Å²) < 4.78 is 0. The van der Waals surface area contributed by atoms with Gasteiger partial charge in [-0.2, -0.15) is 0 Å². The Labute approximate surface area is 166 Å². The van der Waals surface area contributed by atoms with Crippen LogP contribution in [0.5, 0.6) is 0 Å². The number of fused-ring (bicyclic) bond motifs is 1. The quantitative estimate of drug-likeness (QED) is 0.739. The van der Waals surface area contributed by atoms with Crippen molar-refractivity contribution in [3.05, 3.63) is 57.8 Å². The van der Waals surface area contributed by atoms with Crippen molar-refractivity contribution in [3.63, 3.8) is 0 Å². The maximum atomic E-state index is 12.9. The van der Waals surface area contributed by atoms with Gasteiger partial charge in [-0.1, -0.05) is 18.2 Å². The van der Waals surface area contributed by atoms with Gasteiger partial charge in [-0.25, -0.2) is 0 Å². The molecule has 1 saturated heterocycles. The van der Waals surface area contributed by atoms with Crippen molar-refractivity contribution in [2.24, 2.45) is 0 Å². The van der Waals surface area contributed by atoms with E-state index in [-0.39, 0.29) is 11.8 Å². The van der Waals surface area contributed by atoms with E-state index in [0.717, 1.165) is 4.90 Å². The molecule has 0 aliphatic carbocycles.